The maximum absolute atomic E-state index is 13.0. The van der Waals surface area contributed by atoms with Gasteiger partial charge >= 0.3 is 0 Å². The number of piperidine rings is 1. The first kappa shape index (κ1) is 17.4. The van der Waals surface area contributed by atoms with Crippen molar-refractivity contribution in [3.63, 3.8) is 0 Å². The Hall–Kier alpha value is -2.40. The van der Waals surface area contributed by atoms with Gasteiger partial charge in [0.2, 0.25) is 0 Å². The molecule has 5 nitrogen and oxygen atoms in total. The number of anilines is 1. The monoisotopic (exact) mass is 339 g/mol. The van der Waals surface area contributed by atoms with Gasteiger partial charge in [-0.3, -0.25) is 9.78 Å². The summed E-state index contributed by atoms with van der Waals surface area (Å²) in [5.74, 6) is 0.522. The first-order valence-electron chi connectivity index (χ1n) is 8.78. The SMILES string of the molecule is COC[C@H]1CCCN(C(=O)c2ccccc2NCc2cccnc2)C1. The average molecular weight is 339 g/mol. The van der Waals surface area contributed by atoms with Gasteiger partial charge in [0.1, 0.15) is 0 Å². The predicted octanol–water partition coefficient (Wildman–Crippen LogP) is 3.19. The lowest BCUT2D eigenvalue weighted by Gasteiger charge is -2.33. The van der Waals surface area contributed by atoms with E-state index in [2.05, 4.69) is 10.3 Å². The molecule has 0 radical (unpaired) electrons. The quantitative estimate of drug-likeness (QED) is 0.878. The van der Waals surface area contributed by atoms with Crippen LogP contribution in [0.2, 0.25) is 0 Å². The summed E-state index contributed by atoms with van der Waals surface area (Å²) in [7, 11) is 1.72. The molecule has 0 unspecified atom stereocenters. The summed E-state index contributed by atoms with van der Waals surface area (Å²) < 4.78 is 5.27. The maximum atomic E-state index is 13.0. The molecule has 1 aromatic carbocycles. The highest BCUT2D eigenvalue weighted by atomic mass is 16.5. The molecule has 1 saturated heterocycles. The molecule has 0 saturated carbocycles. The van der Waals surface area contributed by atoms with Crippen molar-refractivity contribution in [3.05, 3.63) is 59.9 Å². The lowest BCUT2D eigenvalue weighted by Crippen LogP contribution is -2.41. The van der Waals surface area contributed by atoms with Crippen LogP contribution in [0.4, 0.5) is 5.69 Å². The Kier molecular flexibility index (Phi) is 6.01. The highest BCUT2D eigenvalue weighted by molar-refractivity contribution is 5.99. The van der Waals surface area contributed by atoms with Crippen LogP contribution >= 0.6 is 0 Å². The second-order valence-electron chi connectivity index (χ2n) is 6.48. The Morgan fingerprint density at radius 1 is 1.32 bits per heavy atom. The minimum Gasteiger partial charge on any atom is -0.384 e. The lowest BCUT2D eigenvalue weighted by molar-refractivity contribution is 0.0571. The van der Waals surface area contributed by atoms with E-state index in [1.165, 1.54) is 0 Å². The number of benzene rings is 1. The third kappa shape index (κ3) is 4.57. The molecule has 1 aromatic heterocycles. The van der Waals surface area contributed by atoms with Crippen molar-refractivity contribution < 1.29 is 9.53 Å². The smallest absolute Gasteiger partial charge is 0.255 e. The van der Waals surface area contributed by atoms with Crippen molar-refractivity contribution in [2.75, 3.05) is 32.1 Å². The van der Waals surface area contributed by atoms with E-state index >= 15 is 0 Å². The zero-order valence-electron chi connectivity index (χ0n) is 14.6. The van der Waals surface area contributed by atoms with Gasteiger partial charge in [0.25, 0.3) is 5.91 Å². The summed E-state index contributed by atoms with van der Waals surface area (Å²) >= 11 is 0. The van der Waals surface area contributed by atoms with E-state index < -0.39 is 0 Å². The molecule has 1 fully saturated rings. The molecule has 3 rings (SSSR count). The minimum atomic E-state index is 0.0927. The standard InChI is InChI=1S/C20H25N3O2/c1-25-15-17-7-5-11-23(14-17)20(24)18-8-2-3-9-19(18)22-13-16-6-4-10-21-12-16/h2-4,6,8-10,12,17,22H,5,7,11,13-15H2,1H3/t17-/m0/s1. The highest BCUT2D eigenvalue weighted by Gasteiger charge is 2.25. The van der Waals surface area contributed by atoms with Crippen LogP contribution < -0.4 is 5.32 Å². The summed E-state index contributed by atoms with van der Waals surface area (Å²) in [5.41, 5.74) is 2.68. The van der Waals surface area contributed by atoms with Gasteiger partial charge in [-0.2, -0.15) is 0 Å². The Balaban J connectivity index is 1.70. The Morgan fingerprint density at radius 2 is 2.20 bits per heavy atom. The number of carbonyl (C=O) groups excluding carboxylic acids is 1. The van der Waals surface area contributed by atoms with Crippen LogP contribution in [0.5, 0.6) is 0 Å². The summed E-state index contributed by atoms with van der Waals surface area (Å²) in [4.78, 5) is 19.1. The van der Waals surface area contributed by atoms with Crippen LogP contribution in [-0.2, 0) is 11.3 Å². The first-order valence-corrected chi connectivity index (χ1v) is 8.78. The average Bonchev–Trinajstić information content (AvgIpc) is 2.67. The van der Waals surface area contributed by atoms with E-state index in [0.29, 0.717) is 19.1 Å². The fourth-order valence-corrected chi connectivity index (χ4v) is 3.32. The second-order valence-corrected chi connectivity index (χ2v) is 6.48. The number of hydrogen-bond donors (Lipinski definition) is 1. The van der Waals surface area contributed by atoms with Crippen molar-refractivity contribution in [2.45, 2.75) is 19.4 Å². The second kappa shape index (κ2) is 8.62. The third-order valence-electron chi connectivity index (χ3n) is 4.57. The van der Waals surface area contributed by atoms with Crippen LogP contribution in [0.1, 0.15) is 28.8 Å². The number of likely N-dealkylation sites (tertiary alicyclic amines) is 1. The van der Waals surface area contributed by atoms with Gasteiger partial charge in [0.15, 0.2) is 0 Å². The molecule has 2 aromatic rings. The topological polar surface area (TPSA) is 54.5 Å². The van der Waals surface area contributed by atoms with Gasteiger partial charge in [-0.15, -0.1) is 0 Å². The zero-order chi connectivity index (χ0) is 17.5. The highest BCUT2D eigenvalue weighted by Crippen LogP contribution is 2.23. The fraction of sp³-hybridized carbons (Fsp3) is 0.400. The summed E-state index contributed by atoms with van der Waals surface area (Å²) in [6, 6.07) is 11.7. The maximum Gasteiger partial charge on any atom is 0.255 e. The van der Waals surface area contributed by atoms with Gasteiger partial charge in [0, 0.05) is 44.8 Å². The number of ether oxygens (including phenoxy) is 1. The molecular formula is C20H25N3O2. The van der Waals surface area contributed by atoms with E-state index in [0.717, 1.165) is 42.7 Å². The van der Waals surface area contributed by atoms with E-state index in [4.69, 9.17) is 4.74 Å². The predicted molar refractivity (Wildman–Crippen MR) is 98.5 cm³/mol. The fourth-order valence-electron chi connectivity index (χ4n) is 3.32. The van der Waals surface area contributed by atoms with Gasteiger partial charge in [-0.05, 0) is 42.5 Å². The minimum absolute atomic E-state index is 0.0927. The van der Waals surface area contributed by atoms with Crippen molar-refractivity contribution >= 4 is 11.6 Å². The van der Waals surface area contributed by atoms with E-state index in [1.54, 1.807) is 13.3 Å². The van der Waals surface area contributed by atoms with Crippen molar-refractivity contribution in [3.8, 4) is 0 Å². The van der Waals surface area contributed by atoms with Crippen LogP contribution in [0.25, 0.3) is 0 Å². The third-order valence-corrected chi connectivity index (χ3v) is 4.57. The number of amides is 1. The van der Waals surface area contributed by atoms with Crippen LogP contribution in [0, 0.1) is 5.92 Å². The zero-order valence-corrected chi connectivity index (χ0v) is 14.6. The van der Waals surface area contributed by atoms with Crippen LogP contribution in [0.15, 0.2) is 48.8 Å². The van der Waals surface area contributed by atoms with Gasteiger partial charge < -0.3 is 15.0 Å². The van der Waals surface area contributed by atoms with Gasteiger partial charge in [0.05, 0.1) is 12.2 Å². The molecule has 1 atom stereocenters. The number of hydrogen-bond acceptors (Lipinski definition) is 4. The summed E-state index contributed by atoms with van der Waals surface area (Å²) in [6.45, 7) is 2.94. The molecule has 1 aliphatic rings. The normalized spacial score (nSPS) is 17.3. The molecular weight excluding hydrogens is 314 g/mol. The molecule has 1 aliphatic heterocycles. The van der Waals surface area contributed by atoms with Crippen molar-refractivity contribution in [1.29, 1.82) is 0 Å². The number of pyridine rings is 1. The van der Waals surface area contributed by atoms with Crippen LogP contribution in [0.3, 0.4) is 0 Å². The summed E-state index contributed by atoms with van der Waals surface area (Å²) in [6.07, 6.45) is 5.74. The first-order chi connectivity index (χ1) is 12.3. The van der Waals surface area contributed by atoms with Crippen molar-refractivity contribution in [1.82, 2.24) is 9.88 Å². The summed E-state index contributed by atoms with van der Waals surface area (Å²) in [5, 5.41) is 3.37. The number of rotatable bonds is 6. The molecule has 25 heavy (non-hydrogen) atoms. The molecule has 0 aliphatic carbocycles. The number of para-hydroxylation sites is 1. The molecule has 5 heteroatoms. The number of nitrogens with zero attached hydrogens (tertiary/aromatic N) is 2. The number of aromatic nitrogens is 1. The Labute approximate surface area is 149 Å². The molecule has 2 heterocycles. The number of carbonyl (C=O) groups is 1. The Bertz CT molecular complexity index is 688. The number of nitrogens with one attached hydrogen (secondary N) is 1. The largest absolute Gasteiger partial charge is 0.384 e. The molecule has 1 amide bonds. The van der Waals surface area contributed by atoms with Gasteiger partial charge in [-0.1, -0.05) is 18.2 Å². The molecule has 0 spiro atoms. The van der Waals surface area contributed by atoms with Crippen molar-refractivity contribution in [2.24, 2.45) is 5.92 Å². The van der Waals surface area contributed by atoms with E-state index in [-0.39, 0.29) is 5.91 Å². The van der Waals surface area contributed by atoms with Gasteiger partial charge in [-0.25, -0.2) is 0 Å². The molecule has 132 valence electrons. The lowest BCUT2D eigenvalue weighted by atomic mass is 9.98. The van der Waals surface area contributed by atoms with Crippen LogP contribution in [-0.4, -0.2) is 42.6 Å². The molecule has 0 bridgehead atoms. The molecule has 1 N–H and O–H groups in total. The van der Waals surface area contributed by atoms with E-state index in [1.807, 2.05) is 47.5 Å². The van der Waals surface area contributed by atoms with E-state index in [9.17, 15) is 4.79 Å². The Morgan fingerprint density at radius 3 is 3.00 bits per heavy atom. The number of methoxy groups -OCH3 is 1.